The van der Waals surface area contributed by atoms with E-state index in [1.807, 2.05) is 24.3 Å². The van der Waals surface area contributed by atoms with Gasteiger partial charge in [0, 0.05) is 23.4 Å². The van der Waals surface area contributed by atoms with Crippen molar-refractivity contribution in [1.82, 2.24) is 4.90 Å². The Bertz CT molecular complexity index is 1120. The zero-order valence-electron chi connectivity index (χ0n) is 16.5. The van der Waals surface area contributed by atoms with Gasteiger partial charge in [-0.3, -0.25) is 19.3 Å². The fourth-order valence-corrected chi connectivity index (χ4v) is 6.16. The number of nitrogens with one attached hydrogen (secondary N) is 1. The van der Waals surface area contributed by atoms with Crippen molar-refractivity contribution in [1.29, 1.82) is 0 Å². The third-order valence-electron chi connectivity index (χ3n) is 7.21. The number of carbonyl (C=O) groups excluding carboxylic acids is 3. The number of anilines is 2. The molecule has 30 heavy (non-hydrogen) atoms. The second-order valence-corrected chi connectivity index (χ2v) is 8.39. The van der Waals surface area contributed by atoms with Crippen molar-refractivity contribution in [2.75, 3.05) is 23.9 Å². The highest BCUT2D eigenvalue weighted by Crippen LogP contribution is 2.60. The van der Waals surface area contributed by atoms with E-state index in [0.29, 0.717) is 18.0 Å². The Morgan fingerprint density at radius 3 is 2.73 bits per heavy atom. The van der Waals surface area contributed by atoms with Crippen LogP contribution in [0.15, 0.2) is 48.5 Å². The Morgan fingerprint density at radius 2 is 1.90 bits per heavy atom. The third-order valence-corrected chi connectivity index (χ3v) is 7.21. The lowest BCUT2D eigenvalue weighted by Crippen LogP contribution is -2.54. The van der Waals surface area contributed by atoms with Crippen molar-refractivity contribution in [3.8, 4) is 5.75 Å². The van der Waals surface area contributed by atoms with Gasteiger partial charge in [0.2, 0.25) is 17.7 Å². The maximum atomic E-state index is 13.8. The van der Waals surface area contributed by atoms with E-state index in [9.17, 15) is 14.4 Å². The Kier molecular flexibility index (Phi) is 3.48. The summed E-state index contributed by atoms with van der Waals surface area (Å²) in [6.45, 7) is 0.707. The van der Waals surface area contributed by atoms with Gasteiger partial charge in [0.25, 0.3) is 0 Å². The van der Waals surface area contributed by atoms with E-state index in [1.54, 1.807) is 31.4 Å². The molecule has 7 heteroatoms. The number of rotatable bonds is 2. The molecular formula is C23H21N3O4. The van der Waals surface area contributed by atoms with Gasteiger partial charge >= 0.3 is 0 Å². The van der Waals surface area contributed by atoms with Crippen LogP contribution in [0.2, 0.25) is 0 Å². The van der Waals surface area contributed by atoms with Crippen molar-refractivity contribution in [2.24, 2.45) is 11.8 Å². The van der Waals surface area contributed by atoms with Gasteiger partial charge < -0.3 is 10.1 Å². The monoisotopic (exact) mass is 403 g/mol. The molecule has 1 spiro atoms. The zero-order valence-corrected chi connectivity index (χ0v) is 16.5. The largest absolute Gasteiger partial charge is 0.497 e. The lowest BCUT2D eigenvalue weighted by Gasteiger charge is -2.36. The van der Waals surface area contributed by atoms with Crippen LogP contribution >= 0.6 is 0 Å². The van der Waals surface area contributed by atoms with Crippen LogP contribution < -0.4 is 15.0 Å². The number of amides is 3. The summed E-state index contributed by atoms with van der Waals surface area (Å²) in [5.41, 5.74) is 0.907. The minimum atomic E-state index is -1.12. The molecular weight excluding hydrogens is 382 g/mol. The van der Waals surface area contributed by atoms with Crippen molar-refractivity contribution in [2.45, 2.75) is 24.4 Å². The Hall–Kier alpha value is -3.19. The summed E-state index contributed by atoms with van der Waals surface area (Å²) in [6.07, 6.45) is 1.72. The molecule has 2 aromatic carbocycles. The number of fused-ring (bicyclic) bond motifs is 7. The normalized spacial score (nSPS) is 31.8. The molecule has 6 rings (SSSR count). The van der Waals surface area contributed by atoms with E-state index < -0.39 is 17.4 Å². The second-order valence-electron chi connectivity index (χ2n) is 8.39. The lowest BCUT2D eigenvalue weighted by atomic mass is 9.75. The number of hydrogen-bond donors (Lipinski definition) is 1. The summed E-state index contributed by atoms with van der Waals surface area (Å²) in [5, 5.41) is 2.98. The number of para-hydroxylation sites is 1. The molecule has 3 amide bonds. The molecule has 4 atom stereocenters. The lowest BCUT2D eigenvalue weighted by molar-refractivity contribution is -0.135. The molecule has 2 aromatic rings. The molecule has 0 saturated carbocycles. The standard InChI is InChI=1S/C23H21N3O4/c1-30-14-7-4-6-13(12-14)26-20(27)18-17-10-5-11-25(17)23(19(18)21(26)28)15-8-2-3-9-16(15)24-22(23)29/h2-4,6-9,12,17-19H,5,10-11H2,1H3,(H,24,29)/t17-,18-,19+,23-/m1/s1. The van der Waals surface area contributed by atoms with E-state index in [2.05, 4.69) is 10.2 Å². The first-order chi connectivity index (χ1) is 14.6. The summed E-state index contributed by atoms with van der Waals surface area (Å²) in [6, 6.07) is 14.4. The minimum Gasteiger partial charge on any atom is -0.497 e. The molecule has 4 aliphatic rings. The quantitative estimate of drug-likeness (QED) is 0.778. The van der Waals surface area contributed by atoms with Crippen LogP contribution in [0.25, 0.3) is 0 Å². The molecule has 0 radical (unpaired) electrons. The first-order valence-electron chi connectivity index (χ1n) is 10.3. The molecule has 0 unspecified atom stereocenters. The van der Waals surface area contributed by atoms with Crippen molar-refractivity contribution in [3.05, 3.63) is 54.1 Å². The molecule has 0 bridgehead atoms. The number of imide groups is 1. The number of ether oxygens (including phenoxy) is 1. The molecule has 3 saturated heterocycles. The summed E-state index contributed by atoms with van der Waals surface area (Å²) >= 11 is 0. The highest BCUT2D eigenvalue weighted by Gasteiger charge is 2.74. The molecule has 1 N–H and O–H groups in total. The average Bonchev–Trinajstić information content (AvgIpc) is 3.46. The topological polar surface area (TPSA) is 79.0 Å². The van der Waals surface area contributed by atoms with Gasteiger partial charge in [0.15, 0.2) is 0 Å². The molecule has 7 nitrogen and oxygen atoms in total. The highest BCUT2D eigenvalue weighted by atomic mass is 16.5. The van der Waals surface area contributed by atoms with Crippen molar-refractivity contribution in [3.63, 3.8) is 0 Å². The Labute approximate surface area is 173 Å². The van der Waals surface area contributed by atoms with Crippen LogP contribution in [0.5, 0.6) is 5.75 Å². The van der Waals surface area contributed by atoms with Crippen LogP contribution in [-0.4, -0.2) is 42.3 Å². The fraction of sp³-hybridized carbons (Fsp3) is 0.348. The van der Waals surface area contributed by atoms with E-state index in [4.69, 9.17) is 4.74 Å². The van der Waals surface area contributed by atoms with E-state index in [-0.39, 0.29) is 23.8 Å². The first kappa shape index (κ1) is 17.7. The van der Waals surface area contributed by atoms with Gasteiger partial charge in [-0.1, -0.05) is 24.3 Å². The Balaban J connectivity index is 1.54. The average molecular weight is 403 g/mol. The highest BCUT2D eigenvalue weighted by molar-refractivity contribution is 6.25. The van der Waals surface area contributed by atoms with Gasteiger partial charge in [-0.05, 0) is 37.6 Å². The predicted octanol–water partition coefficient (Wildman–Crippen LogP) is 2.13. The van der Waals surface area contributed by atoms with Gasteiger partial charge in [0.1, 0.15) is 11.3 Å². The predicted molar refractivity (Wildman–Crippen MR) is 109 cm³/mol. The number of nitrogens with zero attached hydrogens (tertiary/aromatic N) is 2. The van der Waals surface area contributed by atoms with Gasteiger partial charge in [-0.2, -0.15) is 0 Å². The number of hydrogen-bond acceptors (Lipinski definition) is 5. The molecule has 4 aliphatic heterocycles. The van der Waals surface area contributed by atoms with E-state index in [0.717, 1.165) is 24.1 Å². The number of carbonyl (C=O) groups is 3. The maximum Gasteiger partial charge on any atom is 0.250 e. The van der Waals surface area contributed by atoms with Gasteiger partial charge in [0.05, 0.1) is 24.6 Å². The maximum absolute atomic E-state index is 13.8. The number of methoxy groups -OCH3 is 1. The molecule has 152 valence electrons. The summed E-state index contributed by atoms with van der Waals surface area (Å²) in [4.78, 5) is 44.3. The summed E-state index contributed by atoms with van der Waals surface area (Å²) < 4.78 is 5.28. The van der Waals surface area contributed by atoms with Crippen LogP contribution in [0.4, 0.5) is 11.4 Å². The van der Waals surface area contributed by atoms with Crippen LogP contribution in [-0.2, 0) is 19.9 Å². The third kappa shape index (κ3) is 1.91. The van der Waals surface area contributed by atoms with Gasteiger partial charge in [-0.25, -0.2) is 4.90 Å². The molecule has 4 heterocycles. The fourth-order valence-electron chi connectivity index (χ4n) is 6.16. The van der Waals surface area contributed by atoms with E-state index >= 15 is 0 Å². The van der Waals surface area contributed by atoms with Crippen LogP contribution in [0, 0.1) is 11.8 Å². The van der Waals surface area contributed by atoms with Gasteiger partial charge in [-0.15, -0.1) is 0 Å². The molecule has 0 aliphatic carbocycles. The van der Waals surface area contributed by atoms with Crippen molar-refractivity contribution < 1.29 is 19.1 Å². The first-order valence-corrected chi connectivity index (χ1v) is 10.3. The second kappa shape index (κ2) is 5.92. The van der Waals surface area contributed by atoms with Crippen LogP contribution in [0.3, 0.4) is 0 Å². The number of benzene rings is 2. The Morgan fingerprint density at radius 1 is 1.07 bits per heavy atom. The van der Waals surface area contributed by atoms with Crippen molar-refractivity contribution >= 4 is 29.1 Å². The SMILES string of the molecule is COc1cccc(N2C(=O)[C@@H]3[C@H]4CCCN4[C@@]4(C(=O)Nc5ccccc54)[C@@H]3C2=O)c1. The minimum absolute atomic E-state index is 0.112. The molecule has 3 fully saturated rings. The smallest absolute Gasteiger partial charge is 0.250 e. The summed E-state index contributed by atoms with van der Waals surface area (Å²) in [5.74, 6) is -1.40. The van der Waals surface area contributed by atoms with Crippen LogP contribution in [0.1, 0.15) is 18.4 Å². The zero-order chi connectivity index (χ0) is 20.6. The molecule has 0 aromatic heterocycles. The van der Waals surface area contributed by atoms with E-state index in [1.165, 1.54) is 4.90 Å². The summed E-state index contributed by atoms with van der Waals surface area (Å²) in [7, 11) is 1.55.